The van der Waals surface area contributed by atoms with Crippen molar-refractivity contribution in [3.05, 3.63) is 59.5 Å². The molecule has 2 N–H and O–H groups in total. The highest BCUT2D eigenvalue weighted by atomic mass is 16.3. The average Bonchev–Trinajstić information content (AvgIpc) is 3.14. The van der Waals surface area contributed by atoms with Gasteiger partial charge in [-0.1, -0.05) is 24.3 Å². The molecule has 1 heterocycles. The smallest absolute Gasteiger partial charge is 0.287 e. The summed E-state index contributed by atoms with van der Waals surface area (Å²) in [6.45, 7) is 2.10. The second-order valence-electron chi connectivity index (χ2n) is 5.61. The van der Waals surface area contributed by atoms with E-state index < -0.39 is 11.8 Å². The van der Waals surface area contributed by atoms with Gasteiger partial charge in [-0.3, -0.25) is 14.4 Å². The van der Waals surface area contributed by atoms with Gasteiger partial charge in [0.05, 0.1) is 19.4 Å². The van der Waals surface area contributed by atoms with Crippen LogP contribution in [0.15, 0.2) is 47.1 Å². The number of benzene rings is 1. The summed E-state index contributed by atoms with van der Waals surface area (Å²) in [5.41, 5.74) is 2.15. The summed E-state index contributed by atoms with van der Waals surface area (Å²) in [7, 11) is 1.68. The van der Waals surface area contributed by atoms with Crippen LogP contribution in [0.5, 0.6) is 0 Å². The molecule has 0 unspecified atom stereocenters. The molecular weight excluding hydrogens is 322 g/mol. The average molecular weight is 343 g/mol. The zero-order chi connectivity index (χ0) is 18.2. The highest BCUT2D eigenvalue weighted by molar-refractivity contribution is 5.94. The molecule has 132 valence electrons. The first kappa shape index (κ1) is 18.3. The Morgan fingerprint density at radius 1 is 1.04 bits per heavy atom. The van der Waals surface area contributed by atoms with Gasteiger partial charge in [0.15, 0.2) is 5.76 Å². The van der Waals surface area contributed by atoms with E-state index in [-0.39, 0.29) is 24.8 Å². The fraction of sp³-hybridized carbons (Fsp3) is 0.278. The van der Waals surface area contributed by atoms with E-state index in [1.54, 1.807) is 18.0 Å². The predicted molar refractivity (Wildman–Crippen MR) is 91.7 cm³/mol. The number of nitrogens with zero attached hydrogens (tertiary/aromatic N) is 1. The SMILES string of the molecule is Cc1ccccc1CN(C)C(=O)CNC(=O)CNC(=O)c1ccco1. The number of likely N-dealkylation sites (N-methyl/N-ethyl adjacent to an activating group) is 1. The quantitative estimate of drug-likeness (QED) is 0.787. The highest BCUT2D eigenvalue weighted by Gasteiger charge is 2.13. The Morgan fingerprint density at radius 2 is 1.80 bits per heavy atom. The second-order valence-corrected chi connectivity index (χ2v) is 5.61. The maximum Gasteiger partial charge on any atom is 0.287 e. The third-order valence-electron chi connectivity index (χ3n) is 3.69. The van der Waals surface area contributed by atoms with E-state index in [1.807, 2.05) is 31.2 Å². The molecule has 25 heavy (non-hydrogen) atoms. The molecule has 0 bridgehead atoms. The largest absolute Gasteiger partial charge is 0.459 e. The van der Waals surface area contributed by atoms with Gasteiger partial charge in [-0.2, -0.15) is 0 Å². The summed E-state index contributed by atoms with van der Waals surface area (Å²) >= 11 is 0. The zero-order valence-corrected chi connectivity index (χ0v) is 14.2. The molecule has 1 aromatic carbocycles. The van der Waals surface area contributed by atoms with Crippen LogP contribution in [0.1, 0.15) is 21.7 Å². The molecule has 0 aliphatic heterocycles. The summed E-state index contributed by atoms with van der Waals surface area (Å²) in [4.78, 5) is 37.0. The highest BCUT2D eigenvalue weighted by Crippen LogP contribution is 2.09. The number of amides is 3. The molecule has 0 fully saturated rings. The Kier molecular flexibility index (Phi) is 6.33. The molecule has 0 atom stereocenters. The van der Waals surface area contributed by atoms with Crippen molar-refractivity contribution < 1.29 is 18.8 Å². The van der Waals surface area contributed by atoms with Crippen LogP contribution >= 0.6 is 0 Å². The van der Waals surface area contributed by atoms with Gasteiger partial charge in [-0.25, -0.2) is 0 Å². The fourth-order valence-corrected chi connectivity index (χ4v) is 2.16. The van der Waals surface area contributed by atoms with Crippen molar-refractivity contribution in [2.75, 3.05) is 20.1 Å². The van der Waals surface area contributed by atoms with Crippen LogP contribution in [0, 0.1) is 6.92 Å². The van der Waals surface area contributed by atoms with Crippen molar-refractivity contribution in [1.82, 2.24) is 15.5 Å². The Labute approximate surface area is 146 Å². The van der Waals surface area contributed by atoms with Gasteiger partial charge in [0, 0.05) is 13.6 Å². The molecule has 2 rings (SSSR count). The van der Waals surface area contributed by atoms with Crippen molar-refractivity contribution >= 4 is 17.7 Å². The molecule has 0 radical (unpaired) electrons. The normalized spacial score (nSPS) is 10.2. The van der Waals surface area contributed by atoms with Crippen molar-refractivity contribution in [2.24, 2.45) is 0 Å². The molecule has 7 heteroatoms. The van der Waals surface area contributed by atoms with Gasteiger partial charge in [-0.15, -0.1) is 0 Å². The van der Waals surface area contributed by atoms with E-state index in [4.69, 9.17) is 4.42 Å². The first-order chi connectivity index (χ1) is 12.0. The lowest BCUT2D eigenvalue weighted by molar-refractivity contribution is -0.132. The topological polar surface area (TPSA) is 91.7 Å². The Bertz CT molecular complexity index is 741. The van der Waals surface area contributed by atoms with Crippen LogP contribution in [0.3, 0.4) is 0 Å². The van der Waals surface area contributed by atoms with E-state index >= 15 is 0 Å². The molecule has 0 saturated carbocycles. The molecule has 2 aromatic rings. The summed E-state index contributed by atoms with van der Waals surface area (Å²) in [6.07, 6.45) is 1.37. The summed E-state index contributed by atoms with van der Waals surface area (Å²) in [5, 5.41) is 4.90. The van der Waals surface area contributed by atoms with Crippen molar-refractivity contribution in [3.8, 4) is 0 Å². The summed E-state index contributed by atoms with van der Waals surface area (Å²) in [6, 6.07) is 10.9. The van der Waals surface area contributed by atoms with Crippen LogP contribution < -0.4 is 10.6 Å². The lowest BCUT2D eigenvalue weighted by atomic mass is 10.1. The van der Waals surface area contributed by atoms with Crippen molar-refractivity contribution in [1.29, 1.82) is 0 Å². The molecule has 0 aliphatic carbocycles. The van der Waals surface area contributed by atoms with Crippen molar-refractivity contribution in [3.63, 3.8) is 0 Å². The van der Waals surface area contributed by atoms with Gasteiger partial charge in [0.25, 0.3) is 5.91 Å². The standard InChI is InChI=1S/C18H21N3O4/c1-13-6-3-4-7-14(13)12-21(2)17(23)11-19-16(22)10-20-18(24)15-8-5-9-25-15/h3-9H,10-12H2,1-2H3,(H,19,22)(H,20,24). The summed E-state index contributed by atoms with van der Waals surface area (Å²) in [5.74, 6) is -1.02. The number of nitrogens with one attached hydrogen (secondary N) is 2. The van der Waals surface area contributed by atoms with E-state index in [1.165, 1.54) is 12.3 Å². The van der Waals surface area contributed by atoms with E-state index in [0.717, 1.165) is 11.1 Å². The number of aryl methyl sites for hydroxylation is 1. The van der Waals surface area contributed by atoms with Gasteiger partial charge < -0.3 is 20.0 Å². The minimum atomic E-state index is -0.483. The zero-order valence-electron chi connectivity index (χ0n) is 14.2. The van der Waals surface area contributed by atoms with E-state index in [9.17, 15) is 14.4 Å². The first-order valence-electron chi connectivity index (χ1n) is 7.84. The number of hydrogen-bond donors (Lipinski definition) is 2. The van der Waals surface area contributed by atoms with Gasteiger partial charge in [0.2, 0.25) is 11.8 Å². The molecule has 0 saturated heterocycles. The Hall–Kier alpha value is -3.09. The van der Waals surface area contributed by atoms with Crippen LogP contribution in [-0.4, -0.2) is 42.8 Å². The first-order valence-corrected chi connectivity index (χ1v) is 7.84. The molecule has 1 aromatic heterocycles. The minimum absolute atomic E-state index is 0.127. The van der Waals surface area contributed by atoms with Crippen LogP contribution in [0.2, 0.25) is 0 Å². The van der Waals surface area contributed by atoms with E-state index in [2.05, 4.69) is 10.6 Å². The Balaban J connectivity index is 1.72. The fourth-order valence-electron chi connectivity index (χ4n) is 2.16. The minimum Gasteiger partial charge on any atom is -0.459 e. The lowest BCUT2D eigenvalue weighted by Gasteiger charge is -2.18. The number of carbonyl (C=O) groups excluding carboxylic acids is 3. The number of hydrogen-bond acceptors (Lipinski definition) is 4. The number of carbonyl (C=O) groups is 3. The predicted octanol–water partition coefficient (Wildman–Crippen LogP) is 1.09. The van der Waals surface area contributed by atoms with Crippen LogP contribution in [-0.2, 0) is 16.1 Å². The third kappa shape index (κ3) is 5.49. The number of furan rings is 1. The maximum absolute atomic E-state index is 12.1. The molecule has 7 nitrogen and oxygen atoms in total. The second kappa shape index (κ2) is 8.68. The maximum atomic E-state index is 12.1. The monoisotopic (exact) mass is 343 g/mol. The van der Waals surface area contributed by atoms with Crippen LogP contribution in [0.4, 0.5) is 0 Å². The van der Waals surface area contributed by atoms with Crippen molar-refractivity contribution in [2.45, 2.75) is 13.5 Å². The van der Waals surface area contributed by atoms with Gasteiger partial charge in [-0.05, 0) is 30.2 Å². The van der Waals surface area contributed by atoms with Crippen LogP contribution in [0.25, 0.3) is 0 Å². The summed E-state index contributed by atoms with van der Waals surface area (Å²) < 4.78 is 4.92. The molecule has 0 aliphatic rings. The molecule has 0 spiro atoms. The van der Waals surface area contributed by atoms with E-state index in [0.29, 0.717) is 6.54 Å². The number of rotatable bonds is 7. The molecular formula is C18H21N3O4. The third-order valence-corrected chi connectivity index (χ3v) is 3.69. The Morgan fingerprint density at radius 3 is 2.48 bits per heavy atom. The molecule has 3 amide bonds. The van der Waals surface area contributed by atoms with Gasteiger partial charge in [0.1, 0.15) is 0 Å². The van der Waals surface area contributed by atoms with Gasteiger partial charge >= 0.3 is 0 Å². The lowest BCUT2D eigenvalue weighted by Crippen LogP contribution is -2.42.